The van der Waals surface area contributed by atoms with E-state index in [0.717, 1.165) is 23.3 Å². The lowest BCUT2D eigenvalue weighted by molar-refractivity contribution is 0.0951. The molecule has 1 amide bonds. The van der Waals surface area contributed by atoms with Crippen molar-refractivity contribution in [3.8, 4) is 5.69 Å². The molecule has 36 heavy (non-hydrogen) atoms. The third kappa shape index (κ3) is 5.73. The Kier molecular flexibility index (Phi) is 7.68. The first-order chi connectivity index (χ1) is 17.1. The van der Waals surface area contributed by atoms with Crippen molar-refractivity contribution in [3.05, 3.63) is 112 Å². The number of hydrogen-bond donors (Lipinski definition) is 1. The summed E-state index contributed by atoms with van der Waals surface area (Å²) in [6.45, 7) is 2.30. The minimum atomic E-state index is -3.64. The van der Waals surface area contributed by atoms with Crippen molar-refractivity contribution in [2.24, 2.45) is 0 Å². The molecule has 0 atom stereocenters. The van der Waals surface area contributed by atoms with E-state index in [-0.39, 0.29) is 22.5 Å². The highest BCUT2D eigenvalue weighted by molar-refractivity contribution is 7.92. The van der Waals surface area contributed by atoms with Crippen LogP contribution in [0.1, 0.15) is 27.3 Å². The summed E-state index contributed by atoms with van der Waals surface area (Å²) in [7, 11) is -3.64. The van der Waals surface area contributed by atoms with Gasteiger partial charge in [0.25, 0.3) is 5.91 Å². The molecule has 3 aromatic carbocycles. The summed E-state index contributed by atoms with van der Waals surface area (Å²) in [4.78, 5) is 17.1. The summed E-state index contributed by atoms with van der Waals surface area (Å²) in [5, 5.41) is 3.37. The first kappa shape index (κ1) is 25.8. The fourth-order valence-electron chi connectivity index (χ4n) is 3.80. The molecule has 186 valence electrons. The van der Waals surface area contributed by atoms with E-state index in [1.165, 1.54) is 4.31 Å². The Morgan fingerprint density at radius 2 is 1.75 bits per heavy atom. The maximum Gasteiger partial charge on any atom is 0.251 e. The number of halogens is 2. The Morgan fingerprint density at radius 1 is 1.03 bits per heavy atom. The van der Waals surface area contributed by atoms with E-state index >= 15 is 0 Å². The quantitative estimate of drug-likeness (QED) is 0.323. The van der Waals surface area contributed by atoms with Gasteiger partial charge in [0.15, 0.2) is 0 Å². The lowest BCUT2D eigenvalue weighted by Crippen LogP contribution is -2.29. The standard InChI is InChI=1S/C26H24Cl2N4O3S/c1-18-29-14-15-31(18)23-8-4-3-6-21(23)16-30-26(33)20-12-10-19(11-13-20)17-32(36(2,34)35)24-9-5-7-22(27)25(24)28/h3-15H,16-17H2,1-2H3,(H,30,33). The monoisotopic (exact) mass is 542 g/mol. The molecule has 0 aliphatic rings. The van der Waals surface area contributed by atoms with Gasteiger partial charge in [0, 0.05) is 24.5 Å². The molecular weight excluding hydrogens is 519 g/mol. The van der Waals surface area contributed by atoms with Crippen LogP contribution < -0.4 is 9.62 Å². The summed E-state index contributed by atoms with van der Waals surface area (Å²) in [6.07, 6.45) is 4.72. The largest absolute Gasteiger partial charge is 0.348 e. The zero-order chi connectivity index (χ0) is 25.9. The fraction of sp³-hybridized carbons (Fsp3) is 0.154. The molecule has 4 rings (SSSR count). The molecule has 0 saturated carbocycles. The number of amides is 1. The summed E-state index contributed by atoms with van der Waals surface area (Å²) >= 11 is 12.4. The third-order valence-electron chi connectivity index (χ3n) is 5.66. The van der Waals surface area contributed by atoms with Crippen LogP contribution in [0.3, 0.4) is 0 Å². The van der Waals surface area contributed by atoms with E-state index in [1.807, 2.05) is 42.0 Å². The van der Waals surface area contributed by atoms with Crippen LogP contribution in [-0.4, -0.2) is 30.1 Å². The van der Waals surface area contributed by atoms with E-state index in [0.29, 0.717) is 23.4 Å². The zero-order valence-electron chi connectivity index (χ0n) is 19.7. The van der Waals surface area contributed by atoms with E-state index in [1.54, 1.807) is 48.7 Å². The predicted octanol–water partition coefficient (Wildman–Crippen LogP) is 5.38. The van der Waals surface area contributed by atoms with Crippen molar-refractivity contribution in [2.45, 2.75) is 20.0 Å². The molecule has 10 heteroatoms. The van der Waals surface area contributed by atoms with Gasteiger partial charge in [-0.3, -0.25) is 9.10 Å². The highest BCUT2D eigenvalue weighted by Crippen LogP contribution is 2.34. The van der Waals surface area contributed by atoms with Crippen molar-refractivity contribution in [1.29, 1.82) is 0 Å². The number of imidazole rings is 1. The maximum absolute atomic E-state index is 12.8. The number of benzene rings is 3. The van der Waals surface area contributed by atoms with Crippen molar-refractivity contribution in [2.75, 3.05) is 10.6 Å². The van der Waals surface area contributed by atoms with Crippen molar-refractivity contribution in [3.63, 3.8) is 0 Å². The molecule has 0 aliphatic heterocycles. The smallest absolute Gasteiger partial charge is 0.251 e. The fourth-order valence-corrected chi connectivity index (χ4v) is 5.14. The Labute approximate surface area is 220 Å². The van der Waals surface area contributed by atoms with Gasteiger partial charge in [-0.05, 0) is 48.4 Å². The van der Waals surface area contributed by atoms with Gasteiger partial charge in [-0.25, -0.2) is 13.4 Å². The molecule has 7 nitrogen and oxygen atoms in total. The van der Waals surface area contributed by atoms with Crippen LogP contribution in [0.4, 0.5) is 5.69 Å². The van der Waals surface area contributed by atoms with Crippen molar-refractivity contribution < 1.29 is 13.2 Å². The summed E-state index contributed by atoms with van der Waals surface area (Å²) in [6, 6.07) is 19.4. The lowest BCUT2D eigenvalue weighted by atomic mass is 10.1. The van der Waals surface area contributed by atoms with E-state index in [4.69, 9.17) is 23.2 Å². The van der Waals surface area contributed by atoms with E-state index in [9.17, 15) is 13.2 Å². The van der Waals surface area contributed by atoms with Crippen LogP contribution >= 0.6 is 23.2 Å². The Morgan fingerprint density at radius 3 is 2.42 bits per heavy atom. The predicted molar refractivity (Wildman–Crippen MR) is 143 cm³/mol. The average Bonchev–Trinajstić information content (AvgIpc) is 3.28. The number of aryl methyl sites for hydroxylation is 1. The molecule has 4 aromatic rings. The molecule has 0 aliphatic carbocycles. The maximum atomic E-state index is 12.8. The number of hydrogen-bond acceptors (Lipinski definition) is 4. The molecule has 0 spiro atoms. The van der Waals surface area contributed by atoms with Crippen LogP contribution in [0.15, 0.2) is 79.1 Å². The van der Waals surface area contributed by atoms with Crippen LogP contribution in [0.2, 0.25) is 10.0 Å². The summed E-state index contributed by atoms with van der Waals surface area (Å²) in [5.74, 6) is 0.614. The van der Waals surface area contributed by atoms with Crippen molar-refractivity contribution >= 4 is 44.8 Å². The van der Waals surface area contributed by atoms with Gasteiger partial charge in [-0.2, -0.15) is 0 Å². The molecule has 1 aromatic heterocycles. The Hall–Kier alpha value is -3.33. The number of nitrogens with zero attached hydrogens (tertiary/aromatic N) is 3. The second kappa shape index (κ2) is 10.7. The molecule has 0 fully saturated rings. The summed E-state index contributed by atoms with van der Waals surface area (Å²) < 4.78 is 28.1. The second-order valence-electron chi connectivity index (χ2n) is 8.20. The molecule has 0 bridgehead atoms. The van der Waals surface area contributed by atoms with Gasteiger partial charge in [0.05, 0.1) is 34.2 Å². The molecule has 0 saturated heterocycles. The molecule has 1 N–H and O–H groups in total. The van der Waals surface area contributed by atoms with Crippen LogP contribution in [0.25, 0.3) is 5.69 Å². The number of carbonyl (C=O) groups is 1. The van der Waals surface area contributed by atoms with Crippen LogP contribution in [-0.2, 0) is 23.1 Å². The Balaban J connectivity index is 1.48. The van der Waals surface area contributed by atoms with Gasteiger partial charge in [0.1, 0.15) is 5.82 Å². The molecule has 0 unspecified atom stereocenters. The molecule has 1 heterocycles. The van der Waals surface area contributed by atoms with Gasteiger partial charge in [0.2, 0.25) is 10.0 Å². The Bertz CT molecular complexity index is 1500. The number of nitrogens with one attached hydrogen (secondary N) is 1. The second-order valence-corrected chi connectivity index (χ2v) is 10.9. The van der Waals surface area contributed by atoms with Gasteiger partial charge in [-0.1, -0.05) is 59.6 Å². The number of sulfonamides is 1. The minimum absolute atomic E-state index is 0.0401. The van der Waals surface area contributed by atoms with Crippen LogP contribution in [0.5, 0.6) is 0 Å². The van der Waals surface area contributed by atoms with E-state index in [2.05, 4.69) is 10.3 Å². The highest BCUT2D eigenvalue weighted by atomic mass is 35.5. The topological polar surface area (TPSA) is 84.3 Å². The van der Waals surface area contributed by atoms with Crippen LogP contribution in [0, 0.1) is 6.92 Å². The number of rotatable bonds is 8. The first-order valence-corrected chi connectivity index (χ1v) is 13.6. The van der Waals surface area contributed by atoms with Gasteiger partial charge >= 0.3 is 0 Å². The normalized spacial score (nSPS) is 11.3. The molecular formula is C26H24Cl2N4O3S. The lowest BCUT2D eigenvalue weighted by Gasteiger charge is -2.24. The van der Waals surface area contributed by atoms with E-state index < -0.39 is 10.0 Å². The number of anilines is 1. The van der Waals surface area contributed by atoms with Gasteiger partial charge < -0.3 is 9.88 Å². The zero-order valence-corrected chi connectivity index (χ0v) is 22.0. The first-order valence-electron chi connectivity index (χ1n) is 11.0. The SMILES string of the molecule is Cc1nccn1-c1ccccc1CNC(=O)c1ccc(CN(c2cccc(Cl)c2Cl)S(C)(=O)=O)cc1. The summed E-state index contributed by atoms with van der Waals surface area (Å²) in [5.41, 5.74) is 3.34. The number of carbonyl (C=O) groups excluding carboxylic acids is 1. The van der Waals surface area contributed by atoms with Crippen molar-refractivity contribution in [1.82, 2.24) is 14.9 Å². The van der Waals surface area contributed by atoms with Gasteiger partial charge in [-0.15, -0.1) is 0 Å². The highest BCUT2D eigenvalue weighted by Gasteiger charge is 2.21. The number of aromatic nitrogens is 2. The minimum Gasteiger partial charge on any atom is -0.348 e. The third-order valence-corrected chi connectivity index (χ3v) is 7.59. The average molecular weight is 543 g/mol. The molecule has 0 radical (unpaired) electrons. The number of para-hydroxylation sites is 1.